The molecule has 0 spiro atoms. The molecule has 0 saturated carbocycles. The lowest BCUT2D eigenvalue weighted by Gasteiger charge is -2.17. The second kappa shape index (κ2) is 8.58. The molecule has 0 aromatic heterocycles. The number of hydrogen-bond acceptors (Lipinski definition) is 4. The zero-order valence-electron chi connectivity index (χ0n) is 14.4. The number of halogens is 2. The van der Waals surface area contributed by atoms with Crippen LogP contribution in [0, 0.1) is 11.6 Å². The molecule has 2 unspecified atom stereocenters. The van der Waals surface area contributed by atoms with Crippen molar-refractivity contribution in [2.75, 3.05) is 19.7 Å². The summed E-state index contributed by atoms with van der Waals surface area (Å²) in [6.07, 6.45) is 0.444. The first-order valence-corrected chi connectivity index (χ1v) is 9.65. The van der Waals surface area contributed by atoms with Crippen LogP contribution >= 0.6 is 0 Å². The van der Waals surface area contributed by atoms with E-state index < -0.39 is 27.7 Å². The van der Waals surface area contributed by atoms with E-state index in [2.05, 4.69) is 0 Å². The van der Waals surface area contributed by atoms with E-state index in [-0.39, 0.29) is 30.6 Å². The first-order valence-electron chi connectivity index (χ1n) is 8.44. The quantitative estimate of drug-likeness (QED) is 0.815. The SMILES string of the molecule is O=C(COc1ccc(CO)cc1)N1CCC(S(=O)c2cc(F)ccc2F)C1. The van der Waals surface area contributed by atoms with Crippen LogP contribution in [-0.2, 0) is 22.2 Å². The number of carbonyl (C=O) groups is 1. The second-order valence-corrected chi connectivity index (χ2v) is 7.91. The molecule has 1 aliphatic heterocycles. The number of carbonyl (C=O) groups excluding carboxylic acids is 1. The third kappa shape index (κ3) is 4.70. The normalized spacial score (nSPS) is 17.7. The van der Waals surface area contributed by atoms with E-state index in [9.17, 15) is 17.8 Å². The Morgan fingerprint density at radius 3 is 2.67 bits per heavy atom. The van der Waals surface area contributed by atoms with Gasteiger partial charge in [0, 0.05) is 13.1 Å². The van der Waals surface area contributed by atoms with Crippen molar-refractivity contribution < 1.29 is 27.6 Å². The molecule has 1 heterocycles. The number of aliphatic hydroxyl groups is 1. The Morgan fingerprint density at radius 1 is 1.22 bits per heavy atom. The minimum Gasteiger partial charge on any atom is -0.484 e. The Hall–Kier alpha value is -2.32. The zero-order chi connectivity index (χ0) is 19.4. The third-order valence-electron chi connectivity index (χ3n) is 4.38. The highest BCUT2D eigenvalue weighted by Gasteiger charge is 2.32. The molecule has 8 heteroatoms. The van der Waals surface area contributed by atoms with E-state index in [1.54, 1.807) is 24.3 Å². The van der Waals surface area contributed by atoms with Gasteiger partial charge in [0.15, 0.2) is 6.61 Å². The topological polar surface area (TPSA) is 66.8 Å². The predicted octanol–water partition coefficient (Wildman–Crippen LogP) is 2.24. The molecule has 2 aromatic carbocycles. The monoisotopic (exact) mass is 395 g/mol. The average molecular weight is 395 g/mol. The first kappa shape index (κ1) is 19.4. The fraction of sp³-hybridized carbons (Fsp3) is 0.316. The van der Waals surface area contributed by atoms with Gasteiger partial charge in [-0.15, -0.1) is 0 Å². The number of aliphatic hydroxyl groups excluding tert-OH is 1. The van der Waals surface area contributed by atoms with Crippen LogP contribution < -0.4 is 4.74 Å². The van der Waals surface area contributed by atoms with Gasteiger partial charge in [-0.05, 0) is 42.3 Å². The minimum atomic E-state index is -1.73. The van der Waals surface area contributed by atoms with Crippen LogP contribution in [0.15, 0.2) is 47.4 Å². The van der Waals surface area contributed by atoms with Gasteiger partial charge >= 0.3 is 0 Å². The maximum absolute atomic E-state index is 13.8. The Bertz CT molecular complexity index is 844. The first-order chi connectivity index (χ1) is 13.0. The predicted molar refractivity (Wildman–Crippen MR) is 95.6 cm³/mol. The summed E-state index contributed by atoms with van der Waals surface area (Å²) in [6, 6.07) is 9.59. The zero-order valence-corrected chi connectivity index (χ0v) is 15.3. The number of likely N-dealkylation sites (tertiary alicyclic amines) is 1. The molecule has 0 bridgehead atoms. The number of amides is 1. The number of benzene rings is 2. The summed E-state index contributed by atoms with van der Waals surface area (Å²) in [5, 5.41) is 8.55. The van der Waals surface area contributed by atoms with Crippen LogP contribution in [0.5, 0.6) is 5.75 Å². The third-order valence-corrected chi connectivity index (χ3v) is 6.12. The lowest BCUT2D eigenvalue weighted by atomic mass is 10.2. The highest BCUT2D eigenvalue weighted by molar-refractivity contribution is 7.85. The van der Waals surface area contributed by atoms with Gasteiger partial charge in [0.2, 0.25) is 0 Å². The van der Waals surface area contributed by atoms with Crippen molar-refractivity contribution in [1.29, 1.82) is 0 Å². The highest BCUT2D eigenvalue weighted by atomic mass is 32.2. The van der Waals surface area contributed by atoms with Gasteiger partial charge in [0.1, 0.15) is 17.4 Å². The molecule has 144 valence electrons. The molecule has 1 N–H and O–H groups in total. The van der Waals surface area contributed by atoms with Crippen molar-refractivity contribution in [2.45, 2.75) is 23.2 Å². The number of ether oxygens (including phenoxy) is 1. The standard InChI is InChI=1S/C19H19F2NO4S/c20-14-3-6-17(21)18(9-14)27(25)16-7-8-22(10-16)19(24)12-26-15-4-1-13(11-23)2-5-15/h1-6,9,16,23H,7-8,10-12H2. The average Bonchev–Trinajstić information content (AvgIpc) is 3.18. The molecule has 1 fully saturated rings. The van der Waals surface area contributed by atoms with E-state index in [0.717, 1.165) is 23.8 Å². The van der Waals surface area contributed by atoms with Gasteiger partial charge in [-0.1, -0.05) is 12.1 Å². The maximum atomic E-state index is 13.8. The van der Waals surface area contributed by atoms with E-state index in [4.69, 9.17) is 9.84 Å². The molecule has 0 radical (unpaired) electrons. The molecule has 1 aliphatic rings. The van der Waals surface area contributed by atoms with Crippen LogP contribution in [0.4, 0.5) is 8.78 Å². The Balaban J connectivity index is 1.55. The summed E-state index contributed by atoms with van der Waals surface area (Å²) < 4.78 is 45.1. The van der Waals surface area contributed by atoms with E-state index in [0.29, 0.717) is 18.7 Å². The molecule has 5 nitrogen and oxygen atoms in total. The summed E-state index contributed by atoms with van der Waals surface area (Å²) >= 11 is 0. The van der Waals surface area contributed by atoms with Gasteiger partial charge in [-0.25, -0.2) is 8.78 Å². The Morgan fingerprint density at radius 2 is 1.96 bits per heavy atom. The summed E-state index contributed by atoms with van der Waals surface area (Å²) in [5.41, 5.74) is 0.739. The molecular weight excluding hydrogens is 376 g/mol. The summed E-state index contributed by atoms with van der Waals surface area (Å²) in [5.74, 6) is -1.12. The van der Waals surface area contributed by atoms with Crippen molar-refractivity contribution in [1.82, 2.24) is 4.90 Å². The van der Waals surface area contributed by atoms with Crippen molar-refractivity contribution in [2.24, 2.45) is 0 Å². The largest absolute Gasteiger partial charge is 0.484 e. The van der Waals surface area contributed by atoms with Gasteiger partial charge in [-0.2, -0.15) is 0 Å². The van der Waals surface area contributed by atoms with Crippen molar-refractivity contribution in [3.05, 3.63) is 59.7 Å². The maximum Gasteiger partial charge on any atom is 0.260 e. The number of rotatable bonds is 6. The van der Waals surface area contributed by atoms with Crippen LogP contribution in [0.25, 0.3) is 0 Å². The van der Waals surface area contributed by atoms with E-state index in [1.165, 1.54) is 4.90 Å². The molecule has 3 rings (SSSR count). The van der Waals surface area contributed by atoms with Crippen molar-refractivity contribution in [3.63, 3.8) is 0 Å². The van der Waals surface area contributed by atoms with Gasteiger partial charge in [0.05, 0.1) is 27.6 Å². The lowest BCUT2D eigenvalue weighted by molar-refractivity contribution is -0.132. The summed E-state index contributed by atoms with van der Waals surface area (Å²) in [7, 11) is -1.73. The van der Waals surface area contributed by atoms with Crippen LogP contribution in [0.3, 0.4) is 0 Å². The van der Waals surface area contributed by atoms with Gasteiger partial charge < -0.3 is 14.7 Å². The molecule has 0 aliphatic carbocycles. The van der Waals surface area contributed by atoms with Gasteiger partial charge in [-0.3, -0.25) is 9.00 Å². The number of nitrogens with zero attached hydrogens (tertiary/aromatic N) is 1. The van der Waals surface area contributed by atoms with E-state index in [1.807, 2.05) is 0 Å². The van der Waals surface area contributed by atoms with Crippen molar-refractivity contribution in [3.8, 4) is 5.75 Å². The highest BCUT2D eigenvalue weighted by Crippen LogP contribution is 2.23. The van der Waals surface area contributed by atoms with E-state index >= 15 is 0 Å². The molecule has 1 amide bonds. The summed E-state index contributed by atoms with van der Waals surface area (Å²) in [4.78, 5) is 13.6. The molecule has 2 atom stereocenters. The van der Waals surface area contributed by atoms with Crippen LogP contribution in [0.2, 0.25) is 0 Å². The van der Waals surface area contributed by atoms with Gasteiger partial charge in [0.25, 0.3) is 5.91 Å². The Labute approximate surface area is 158 Å². The minimum absolute atomic E-state index is 0.0720. The van der Waals surface area contributed by atoms with Crippen molar-refractivity contribution >= 4 is 16.7 Å². The fourth-order valence-corrected chi connectivity index (χ4v) is 4.35. The molecule has 1 saturated heterocycles. The second-order valence-electron chi connectivity index (χ2n) is 6.21. The fourth-order valence-electron chi connectivity index (χ4n) is 2.87. The molecule has 27 heavy (non-hydrogen) atoms. The lowest BCUT2D eigenvalue weighted by Crippen LogP contribution is -2.34. The Kier molecular flexibility index (Phi) is 6.18. The van der Waals surface area contributed by atoms with Crippen LogP contribution in [0.1, 0.15) is 12.0 Å². The summed E-state index contributed by atoms with van der Waals surface area (Å²) in [6.45, 7) is 0.344. The smallest absolute Gasteiger partial charge is 0.260 e. The number of hydrogen-bond donors (Lipinski definition) is 1. The van der Waals surface area contributed by atoms with Crippen LogP contribution in [-0.4, -0.2) is 45.1 Å². The molecule has 2 aromatic rings. The molecular formula is C19H19F2NO4S.